The van der Waals surface area contributed by atoms with Crippen molar-refractivity contribution in [3.8, 4) is 17.1 Å². The van der Waals surface area contributed by atoms with Crippen LogP contribution in [-0.4, -0.2) is 41.0 Å². The summed E-state index contributed by atoms with van der Waals surface area (Å²) >= 11 is 0. The average Bonchev–Trinajstić information content (AvgIpc) is 3.24. The zero-order chi connectivity index (χ0) is 16.5. The molecular weight excluding hydrogens is 304 g/mol. The van der Waals surface area contributed by atoms with Gasteiger partial charge in [0.1, 0.15) is 23.5 Å². The summed E-state index contributed by atoms with van der Waals surface area (Å²) in [4.78, 5) is 13.0. The number of anilines is 1. The van der Waals surface area contributed by atoms with Gasteiger partial charge in [-0.25, -0.2) is 15.0 Å². The summed E-state index contributed by atoms with van der Waals surface area (Å²) in [6.07, 6.45) is 8.81. The minimum atomic E-state index is 0.273. The lowest BCUT2D eigenvalue weighted by molar-refractivity contribution is 0.896. The maximum absolute atomic E-state index is 4.58. The molecule has 120 valence electrons. The minimum Gasteiger partial charge on any atom is -0.382 e. The van der Waals surface area contributed by atoms with Crippen LogP contribution in [0.3, 0.4) is 0 Å². The number of hydrogen-bond acceptors (Lipinski definition) is 6. The fourth-order valence-corrected chi connectivity index (χ4v) is 2.61. The van der Waals surface area contributed by atoms with E-state index in [-0.39, 0.29) is 6.04 Å². The maximum atomic E-state index is 4.58. The quantitative estimate of drug-likeness (QED) is 0.599. The zero-order valence-electron chi connectivity index (χ0n) is 13.3. The van der Waals surface area contributed by atoms with Gasteiger partial charge in [-0.2, -0.15) is 0 Å². The molecule has 8 nitrogen and oxygen atoms in total. The highest BCUT2D eigenvalue weighted by atomic mass is 15.3. The predicted octanol–water partition coefficient (Wildman–Crippen LogP) is 2.42. The molecule has 0 aliphatic rings. The summed E-state index contributed by atoms with van der Waals surface area (Å²) < 4.78 is 1.94. The van der Waals surface area contributed by atoms with E-state index in [4.69, 9.17) is 0 Å². The lowest BCUT2D eigenvalue weighted by atomic mass is 10.1. The topological polar surface area (TPSA) is 97.2 Å². The van der Waals surface area contributed by atoms with Crippen LogP contribution in [0, 0.1) is 0 Å². The standard InChI is InChI=1S/C16H16N8/c1-10(2)21-13-5-15(18-7-12(13)14-8-20-23-22-14)24-4-3-11-6-17-9-19-16(11)24/h3-10H,1-2H3,(H,18,21)(H,20,22,23). The Labute approximate surface area is 138 Å². The number of H-pyrrole nitrogens is 1. The van der Waals surface area contributed by atoms with Gasteiger partial charge in [-0.1, -0.05) is 5.21 Å². The van der Waals surface area contributed by atoms with Crippen LogP contribution >= 0.6 is 0 Å². The number of nitrogens with zero attached hydrogens (tertiary/aromatic N) is 6. The molecule has 24 heavy (non-hydrogen) atoms. The van der Waals surface area contributed by atoms with Crippen molar-refractivity contribution in [2.45, 2.75) is 19.9 Å². The second-order valence-corrected chi connectivity index (χ2v) is 5.73. The van der Waals surface area contributed by atoms with Crippen LogP contribution in [0.25, 0.3) is 28.1 Å². The lowest BCUT2D eigenvalue weighted by Gasteiger charge is -2.15. The number of nitrogens with one attached hydrogen (secondary N) is 2. The van der Waals surface area contributed by atoms with E-state index in [0.717, 1.165) is 33.8 Å². The van der Waals surface area contributed by atoms with Gasteiger partial charge in [-0.15, -0.1) is 5.10 Å². The number of pyridine rings is 1. The number of rotatable bonds is 4. The lowest BCUT2D eigenvalue weighted by Crippen LogP contribution is -2.12. The van der Waals surface area contributed by atoms with E-state index in [1.54, 1.807) is 18.6 Å². The molecule has 4 heterocycles. The molecule has 4 aromatic heterocycles. The zero-order valence-corrected chi connectivity index (χ0v) is 13.3. The van der Waals surface area contributed by atoms with E-state index in [9.17, 15) is 0 Å². The van der Waals surface area contributed by atoms with Crippen molar-refractivity contribution in [2.75, 3.05) is 5.32 Å². The summed E-state index contributed by atoms with van der Waals surface area (Å²) in [5, 5.41) is 15.0. The SMILES string of the molecule is CC(C)Nc1cc(-n2ccc3cncnc32)ncc1-c1c[nH]nn1. The third kappa shape index (κ3) is 2.47. The van der Waals surface area contributed by atoms with Crippen molar-refractivity contribution in [1.29, 1.82) is 0 Å². The molecule has 0 amide bonds. The third-order valence-corrected chi connectivity index (χ3v) is 3.62. The number of hydrogen-bond donors (Lipinski definition) is 2. The number of fused-ring (bicyclic) bond motifs is 1. The van der Waals surface area contributed by atoms with Crippen LogP contribution in [0.15, 0.2) is 43.2 Å². The van der Waals surface area contributed by atoms with Gasteiger partial charge in [-0.3, -0.25) is 9.67 Å². The Balaban J connectivity index is 1.85. The first-order valence-corrected chi connectivity index (χ1v) is 7.63. The van der Waals surface area contributed by atoms with Crippen LogP contribution in [0.1, 0.15) is 13.8 Å². The van der Waals surface area contributed by atoms with Crippen molar-refractivity contribution in [2.24, 2.45) is 0 Å². The molecule has 0 aliphatic carbocycles. The van der Waals surface area contributed by atoms with E-state index in [1.165, 1.54) is 6.33 Å². The molecule has 0 spiro atoms. The van der Waals surface area contributed by atoms with Crippen molar-refractivity contribution in [3.63, 3.8) is 0 Å². The molecule has 4 rings (SSSR count). The van der Waals surface area contributed by atoms with Crippen molar-refractivity contribution in [1.82, 2.24) is 34.9 Å². The van der Waals surface area contributed by atoms with E-state index in [2.05, 4.69) is 49.5 Å². The molecule has 0 bridgehead atoms. The number of aromatic nitrogens is 7. The van der Waals surface area contributed by atoms with Gasteiger partial charge < -0.3 is 5.32 Å². The fraction of sp³-hybridized carbons (Fsp3) is 0.188. The molecule has 0 unspecified atom stereocenters. The van der Waals surface area contributed by atoms with Gasteiger partial charge in [-0.05, 0) is 19.9 Å². The Morgan fingerprint density at radius 3 is 2.92 bits per heavy atom. The second-order valence-electron chi connectivity index (χ2n) is 5.73. The monoisotopic (exact) mass is 320 g/mol. The van der Waals surface area contributed by atoms with Gasteiger partial charge in [0.15, 0.2) is 0 Å². The summed E-state index contributed by atoms with van der Waals surface area (Å²) in [6.45, 7) is 4.18. The Bertz CT molecular complexity index is 971. The predicted molar refractivity (Wildman–Crippen MR) is 90.8 cm³/mol. The molecule has 0 saturated carbocycles. The van der Waals surface area contributed by atoms with Gasteiger partial charge in [0.05, 0.1) is 6.20 Å². The van der Waals surface area contributed by atoms with Crippen LogP contribution in [0.5, 0.6) is 0 Å². The Morgan fingerprint density at radius 1 is 1.21 bits per heavy atom. The molecule has 0 aromatic carbocycles. The van der Waals surface area contributed by atoms with E-state index in [0.29, 0.717) is 0 Å². The highest BCUT2D eigenvalue weighted by Gasteiger charge is 2.13. The summed E-state index contributed by atoms with van der Waals surface area (Å²) in [5.74, 6) is 0.777. The molecule has 0 atom stereocenters. The van der Waals surface area contributed by atoms with E-state index >= 15 is 0 Å². The molecule has 2 N–H and O–H groups in total. The van der Waals surface area contributed by atoms with E-state index in [1.807, 2.05) is 22.9 Å². The van der Waals surface area contributed by atoms with Crippen LogP contribution < -0.4 is 5.32 Å². The first-order valence-electron chi connectivity index (χ1n) is 7.63. The first-order chi connectivity index (χ1) is 11.7. The maximum Gasteiger partial charge on any atom is 0.149 e. The van der Waals surface area contributed by atoms with Crippen LogP contribution in [0.2, 0.25) is 0 Å². The van der Waals surface area contributed by atoms with Crippen molar-refractivity contribution >= 4 is 16.7 Å². The summed E-state index contributed by atoms with van der Waals surface area (Å²) in [7, 11) is 0. The third-order valence-electron chi connectivity index (χ3n) is 3.62. The summed E-state index contributed by atoms with van der Waals surface area (Å²) in [6, 6.07) is 4.23. The second kappa shape index (κ2) is 5.73. The van der Waals surface area contributed by atoms with Crippen molar-refractivity contribution < 1.29 is 0 Å². The summed E-state index contributed by atoms with van der Waals surface area (Å²) in [5.41, 5.74) is 3.41. The van der Waals surface area contributed by atoms with Gasteiger partial charge in [0, 0.05) is 47.3 Å². The molecule has 4 aromatic rings. The molecule has 0 saturated heterocycles. The Hall–Kier alpha value is -3.29. The fourth-order valence-electron chi connectivity index (χ4n) is 2.61. The highest BCUT2D eigenvalue weighted by Crippen LogP contribution is 2.28. The average molecular weight is 320 g/mol. The van der Waals surface area contributed by atoms with Crippen LogP contribution in [0.4, 0.5) is 5.69 Å². The molecule has 0 radical (unpaired) electrons. The van der Waals surface area contributed by atoms with Crippen LogP contribution in [-0.2, 0) is 0 Å². The van der Waals surface area contributed by atoms with Crippen molar-refractivity contribution in [3.05, 3.63) is 43.2 Å². The molecule has 8 heteroatoms. The normalized spacial score (nSPS) is 11.3. The van der Waals surface area contributed by atoms with Gasteiger partial charge in [0.25, 0.3) is 0 Å². The smallest absolute Gasteiger partial charge is 0.149 e. The van der Waals surface area contributed by atoms with Gasteiger partial charge in [0.2, 0.25) is 0 Å². The Kier molecular flexibility index (Phi) is 3.42. The Morgan fingerprint density at radius 2 is 2.12 bits per heavy atom. The minimum absolute atomic E-state index is 0.273. The first kappa shape index (κ1) is 14.3. The largest absolute Gasteiger partial charge is 0.382 e. The molecule has 0 fully saturated rings. The molecule has 0 aliphatic heterocycles. The van der Waals surface area contributed by atoms with E-state index < -0.39 is 0 Å². The highest BCUT2D eigenvalue weighted by molar-refractivity contribution is 5.79. The van der Waals surface area contributed by atoms with Gasteiger partial charge >= 0.3 is 0 Å². The number of aromatic amines is 1. The molecular formula is C16H16N8.